The number of hydrogen-bond acceptors (Lipinski definition) is 2. The second-order valence-electron chi connectivity index (χ2n) is 3.16. The molecule has 0 heterocycles. The lowest BCUT2D eigenvalue weighted by Gasteiger charge is -2.00. The fourth-order valence-corrected chi connectivity index (χ4v) is 1.27. The van der Waals surface area contributed by atoms with Crippen molar-refractivity contribution in [2.24, 2.45) is 5.73 Å². The molecule has 0 spiro atoms. The van der Waals surface area contributed by atoms with Crippen molar-refractivity contribution in [2.75, 3.05) is 13.7 Å². The van der Waals surface area contributed by atoms with Gasteiger partial charge in [0.15, 0.2) is 0 Å². The Morgan fingerprint density at radius 2 is 2.29 bits per heavy atom. The second-order valence-corrected chi connectivity index (χ2v) is 3.16. The molecule has 14 heavy (non-hydrogen) atoms. The average molecular weight is 191 g/mol. The Hall–Kier alpha value is -1.12. The second kappa shape index (κ2) is 6.35. The van der Waals surface area contributed by atoms with E-state index in [1.807, 2.05) is 6.07 Å². The zero-order chi connectivity index (χ0) is 10.2. The number of methoxy groups -OCH3 is 1. The molecule has 2 nitrogen and oxygen atoms in total. The van der Waals surface area contributed by atoms with E-state index in [4.69, 9.17) is 10.5 Å². The third-order valence-corrected chi connectivity index (χ3v) is 1.91. The van der Waals surface area contributed by atoms with Crippen LogP contribution >= 0.6 is 0 Å². The van der Waals surface area contributed by atoms with Crippen molar-refractivity contribution in [3.63, 3.8) is 0 Å². The van der Waals surface area contributed by atoms with Crippen molar-refractivity contribution in [2.45, 2.75) is 13.0 Å². The van der Waals surface area contributed by atoms with Crippen molar-refractivity contribution >= 4 is 6.08 Å². The third-order valence-electron chi connectivity index (χ3n) is 1.91. The summed E-state index contributed by atoms with van der Waals surface area (Å²) in [5.74, 6) is 0. The standard InChI is InChI=1S/C12H17NO/c1-14-10-12-7-4-6-11(9-12)5-2-3-8-13/h2,4-7,9H,3,8,10,13H2,1H3. The fourth-order valence-electron chi connectivity index (χ4n) is 1.27. The molecular formula is C12H17NO. The lowest BCUT2D eigenvalue weighted by atomic mass is 10.1. The van der Waals surface area contributed by atoms with Crippen molar-refractivity contribution in [1.29, 1.82) is 0 Å². The summed E-state index contributed by atoms with van der Waals surface area (Å²) in [6.07, 6.45) is 5.10. The minimum atomic E-state index is 0.665. The summed E-state index contributed by atoms with van der Waals surface area (Å²) >= 11 is 0. The Morgan fingerprint density at radius 3 is 3.00 bits per heavy atom. The number of hydrogen-bond donors (Lipinski definition) is 1. The predicted octanol–water partition coefficient (Wildman–Crippen LogP) is 2.20. The highest BCUT2D eigenvalue weighted by molar-refractivity contribution is 5.50. The van der Waals surface area contributed by atoms with Gasteiger partial charge in [-0.25, -0.2) is 0 Å². The molecule has 0 saturated heterocycles. The number of nitrogens with two attached hydrogens (primary N) is 1. The van der Waals surface area contributed by atoms with Gasteiger partial charge in [-0.3, -0.25) is 0 Å². The van der Waals surface area contributed by atoms with E-state index >= 15 is 0 Å². The number of rotatable bonds is 5. The van der Waals surface area contributed by atoms with Crippen LogP contribution in [0.15, 0.2) is 30.3 Å². The van der Waals surface area contributed by atoms with E-state index in [-0.39, 0.29) is 0 Å². The van der Waals surface area contributed by atoms with E-state index in [0.717, 1.165) is 6.42 Å². The molecule has 0 bridgehead atoms. The largest absolute Gasteiger partial charge is 0.380 e. The van der Waals surface area contributed by atoms with E-state index in [9.17, 15) is 0 Å². The van der Waals surface area contributed by atoms with Crippen molar-refractivity contribution < 1.29 is 4.74 Å². The van der Waals surface area contributed by atoms with Crippen LogP contribution in [0.2, 0.25) is 0 Å². The van der Waals surface area contributed by atoms with Crippen molar-refractivity contribution in [3.8, 4) is 0 Å². The van der Waals surface area contributed by atoms with Gasteiger partial charge < -0.3 is 10.5 Å². The molecule has 0 aliphatic carbocycles. The van der Waals surface area contributed by atoms with Crippen molar-refractivity contribution in [3.05, 3.63) is 41.5 Å². The van der Waals surface area contributed by atoms with Gasteiger partial charge in [-0.15, -0.1) is 0 Å². The fraction of sp³-hybridized carbons (Fsp3) is 0.333. The molecule has 0 amide bonds. The van der Waals surface area contributed by atoms with E-state index in [2.05, 4.69) is 30.4 Å². The van der Waals surface area contributed by atoms with Crippen LogP contribution in [-0.2, 0) is 11.3 Å². The van der Waals surface area contributed by atoms with Crippen LogP contribution in [-0.4, -0.2) is 13.7 Å². The lowest BCUT2D eigenvalue weighted by molar-refractivity contribution is 0.185. The Bertz CT molecular complexity index is 294. The van der Waals surface area contributed by atoms with Gasteiger partial charge in [0.1, 0.15) is 0 Å². The minimum Gasteiger partial charge on any atom is -0.380 e. The molecule has 0 saturated carbocycles. The summed E-state index contributed by atoms with van der Waals surface area (Å²) in [5.41, 5.74) is 7.80. The van der Waals surface area contributed by atoms with Gasteiger partial charge >= 0.3 is 0 Å². The van der Waals surface area contributed by atoms with E-state index in [0.29, 0.717) is 13.2 Å². The van der Waals surface area contributed by atoms with Crippen LogP contribution in [0.3, 0.4) is 0 Å². The summed E-state index contributed by atoms with van der Waals surface area (Å²) < 4.78 is 5.06. The topological polar surface area (TPSA) is 35.2 Å². The Labute approximate surface area is 85.4 Å². The number of benzene rings is 1. The molecule has 0 fully saturated rings. The van der Waals surface area contributed by atoms with E-state index < -0.39 is 0 Å². The van der Waals surface area contributed by atoms with Crippen LogP contribution in [0.1, 0.15) is 17.5 Å². The molecule has 0 aliphatic rings. The molecule has 0 aliphatic heterocycles. The summed E-state index contributed by atoms with van der Waals surface area (Å²) in [5, 5.41) is 0. The van der Waals surface area contributed by atoms with Crippen LogP contribution in [0.4, 0.5) is 0 Å². The summed E-state index contributed by atoms with van der Waals surface area (Å²) in [7, 11) is 1.71. The molecule has 2 N–H and O–H groups in total. The number of ether oxygens (including phenoxy) is 1. The highest BCUT2D eigenvalue weighted by Crippen LogP contribution is 2.08. The minimum absolute atomic E-state index is 0.665. The Morgan fingerprint density at radius 1 is 1.43 bits per heavy atom. The first-order valence-electron chi connectivity index (χ1n) is 4.81. The Balaban J connectivity index is 2.63. The summed E-state index contributed by atoms with van der Waals surface area (Å²) in [4.78, 5) is 0. The van der Waals surface area contributed by atoms with Gasteiger partial charge in [0.25, 0.3) is 0 Å². The van der Waals surface area contributed by atoms with Crippen molar-refractivity contribution in [1.82, 2.24) is 0 Å². The quantitative estimate of drug-likeness (QED) is 0.774. The van der Waals surface area contributed by atoms with Crippen LogP contribution in [0.25, 0.3) is 6.08 Å². The third kappa shape index (κ3) is 3.73. The first kappa shape index (κ1) is 11.0. The highest BCUT2D eigenvalue weighted by atomic mass is 16.5. The maximum atomic E-state index is 5.40. The molecule has 1 aromatic rings. The van der Waals surface area contributed by atoms with Gasteiger partial charge in [0.2, 0.25) is 0 Å². The Kier molecular flexibility index (Phi) is 4.97. The zero-order valence-corrected chi connectivity index (χ0v) is 8.57. The van der Waals surface area contributed by atoms with Gasteiger partial charge in [-0.05, 0) is 30.2 Å². The van der Waals surface area contributed by atoms with Gasteiger partial charge in [-0.1, -0.05) is 30.4 Å². The van der Waals surface area contributed by atoms with E-state index in [1.54, 1.807) is 7.11 Å². The smallest absolute Gasteiger partial charge is 0.0713 e. The average Bonchev–Trinajstić information content (AvgIpc) is 2.19. The molecule has 1 aromatic carbocycles. The van der Waals surface area contributed by atoms with Crippen LogP contribution in [0.5, 0.6) is 0 Å². The van der Waals surface area contributed by atoms with Crippen LogP contribution < -0.4 is 5.73 Å². The molecular weight excluding hydrogens is 174 g/mol. The SMILES string of the molecule is COCc1cccc(C=CCCN)c1. The molecule has 0 atom stereocenters. The molecule has 0 aromatic heterocycles. The van der Waals surface area contributed by atoms with Gasteiger partial charge in [0, 0.05) is 7.11 Å². The predicted molar refractivity (Wildman–Crippen MR) is 59.9 cm³/mol. The highest BCUT2D eigenvalue weighted by Gasteiger charge is 1.91. The van der Waals surface area contributed by atoms with E-state index in [1.165, 1.54) is 11.1 Å². The lowest BCUT2D eigenvalue weighted by Crippen LogP contribution is -1.95. The van der Waals surface area contributed by atoms with Crippen LogP contribution in [0, 0.1) is 0 Å². The summed E-state index contributed by atoms with van der Waals surface area (Å²) in [6, 6.07) is 8.29. The molecule has 0 unspecified atom stereocenters. The zero-order valence-electron chi connectivity index (χ0n) is 8.57. The first-order chi connectivity index (χ1) is 6.86. The molecule has 0 radical (unpaired) electrons. The molecule has 1 rings (SSSR count). The van der Waals surface area contributed by atoms with Gasteiger partial charge in [-0.2, -0.15) is 0 Å². The monoisotopic (exact) mass is 191 g/mol. The van der Waals surface area contributed by atoms with Gasteiger partial charge in [0.05, 0.1) is 6.61 Å². The molecule has 2 heteroatoms. The normalized spacial score (nSPS) is 11.0. The first-order valence-corrected chi connectivity index (χ1v) is 4.81. The maximum Gasteiger partial charge on any atom is 0.0713 e. The summed E-state index contributed by atoms with van der Waals surface area (Å²) in [6.45, 7) is 1.37. The maximum absolute atomic E-state index is 5.40. The molecule has 76 valence electrons.